The lowest BCUT2D eigenvalue weighted by Gasteiger charge is -2.15. The number of halogens is 1. The molecule has 1 aromatic carbocycles. The molecular weight excluding hydrogens is 276 g/mol. The van der Waals surface area contributed by atoms with Crippen LogP contribution < -0.4 is 5.32 Å². The van der Waals surface area contributed by atoms with Gasteiger partial charge in [0, 0.05) is 28.5 Å². The zero-order valence-corrected chi connectivity index (χ0v) is 11.9. The molecule has 0 spiro atoms. The summed E-state index contributed by atoms with van der Waals surface area (Å²) in [6.45, 7) is 5.12. The summed E-state index contributed by atoms with van der Waals surface area (Å²) in [5, 5.41) is 12.2. The van der Waals surface area contributed by atoms with Crippen LogP contribution in [0.2, 0.25) is 0 Å². The number of anilines is 1. The molecule has 1 N–H and O–H groups in total. The van der Waals surface area contributed by atoms with Crippen molar-refractivity contribution in [3.63, 3.8) is 0 Å². The highest BCUT2D eigenvalue weighted by molar-refractivity contribution is 9.10. The van der Waals surface area contributed by atoms with Crippen LogP contribution in [-0.2, 0) is 0 Å². The van der Waals surface area contributed by atoms with Crippen molar-refractivity contribution in [1.29, 1.82) is 5.26 Å². The van der Waals surface area contributed by atoms with Gasteiger partial charge in [0.25, 0.3) is 0 Å². The third kappa shape index (κ3) is 2.81. The fraction of sp³-hybridized carbons (Fsp3) is 0.500. The van der Waals surface area contributed by atoms with Gasteiger partial charge in [-0.15, -0.1) is 0 Å². The molecule has 90 valence electrons. The molecular formula is C14H17BrN2. The molecule has 1 fully saturated rings. The molecule has 0 radical (unpaired) electrons. The van der Waals surface area contributed by atoms with Gasteiger partial charge in [-0.25, -0.2) is 0 Å². The molecule has 0 unspecified atom stereocenters. The van der Waals surface area contributed by atoms with Crippen molar-refractivity contribution in [2.24, 2.45) is 5.41 Å². The third-order valence-corrected chi connectivity index (χ3v) is 4.77. The predicted molar refractivity (Wildman–Crippen MR) is 74.0 cm³/mol. The Morgan fingerprint density at radius 3 is 2.41 bits per heavy atom. The SMILES string of the molecule is Cc1cc(NCC2(CC#N)CC2)cc(C)c1Br. The van der Waals surface area contributed by atoms with Gasteiger partial charge < -0.3 is 5.32 Å². The molecule has 1 aromatic rings. The number of hydrogen-bond donors (Lipinski definition) is 1. The van der Waals surface area contributed by atoms with Gasteiger partial charge in [0.05, 0.1) is 6.07 Å². The van der Waals surface area contributed by atoms with Crippen LogP contribution >= 0.6 is 15.9 Å². The quantitative estimate of drug-likeness (QED) is 0.904. The van der Waals surface area contributed by atoms with Gasteiger partial charge in [0.2, 0.25) is 0 Å². The maximum absolute atomic E-state index is 8.78. The minimum absolute atomic E-state index is 0.254. The highest BCUT2D eigenvalue weighted by Gasteiger charge is 2.42. The predicted octanol–water partition coefficient (Wildman–Crippen LogP) is 4.17. The van der Waals surface area contributed by atoms with Crippen molar-refractivity contribution in [1.82, 2.24) is 0 Å². The Morgan fingerprint density at radius 1 is 1.35 bits per heavy atom. The van der Waals surface area contributed by atoms with E-state index in [0.717, 1.165) is 12.2 Å². The van der Waals surface area contributed by atoms with Gasteiger partial charge in [0.15, 0.2) is 0 Å². The number of hydrogen-bond acceptors (Lipinski definition) is 2. The smallest absolute Gasteiger partial charge is 0.0628 e. The van der Waals surface area contributed by atoms with Gasteiger partial charge in [-0.05, 0) is 49.9 Å². The lowest BCUT2D eigenvalue weighted by molar-refractivity contribution is 0.557. The first kappa shape index (κ1) is 12.4. The van der Waals surface area contributed by atoms with Crippen molar-refractivity contribution in [2.45, 2.75) is 33.1 Å². The Hall–Kier alpha value is -1.01. The zero-order chi connectivity index (χ0) is 12.5. The molecule has 3 heteroatoms. The molecule has 1 aliphatic rings. The van der Waals surface area contributed by atoms with Gasteiger partial charge in [-0.3, -0.25) is 0 Å². The Morgan fingerprint density at radius 2 is 1.94 bits per heavy atom. The maximum Gasteiger partial charge on any atom is 0.0628 e. The summed E-state index contributed by atoms with van der Waals surface area (Å²) >= 11 is 3.57. The molecule has 1 saturated carbocycles. The van der Waals surface area contributed by atoms with Crippen LogP contribution in [0, 0.1) is 30.6 Å². The van der Waals surface area contributed by atoms with Crippen LogP contribution in [0.4, 0.5) is 5.69 Å². The van der Waals surface area contributed by atoms with Gasteiger partial charge in [-0.2, -0.15) is 5.26 Å². The monoisotopic (exact) mass is 292 g/mol. The summed E-state index contributed by atoms with van der Waals surface area (Å²) in [5.41, 5.74) is 3.91. The molecule has 0 bridgehead atoms. The van der Waals surface area contributed by atoms with Gasteiger partial charge in [-0.1, -0.05) is 15.9 Å². The van der Waals surface area contributed by atoms with Gasteiger partial charge in [0.1, 0.15) is 0 Å². The van der Waals surface area contributed by atoms with E-state index in [1.54, 1.807) is 0 Å². The number of nitriles is 1. The van der Waals surface area contributed by atoms with Crippen LogP contribution in [0.3, 0.4) is 0 Å². The summed E-state index contributed by atoms with van der Waals surface area (Å²) in [6, 6.07) is 6.60. The van der Waals surface area contributed by atoms with Crippen molar-refractivity contribution in [3.05, 3.63) is 27.7 Å². The second-order valence-corrected chi connectivity index (χ2v) is 5.91. The third-order valence-electron chi connectivity index (χ3n) is 3.52. The number of benzene rings is 1. The molecule has 0 heterocycles. The van der Waals surface area contributed by atoms with E-state index in [2.05, 4.69) is 53.3 Å². The standard InChI is InChI=1S/C14H17BrN2/c1-10-7-12(8-11(2)13(10)15)17-9-14(3-4-14)5-6-16/h7-8,17H,3-5,9H2,1-2H3. The van der Waals surface area contributed by atoms with E-state index in [9.17, 15) is 0 Å². The summed E-state index contributed by atoms with van der Waals surface area (Å²) in [4.78, 5) is 0. The van der Waals surface area contributed by atoms with E-state index < -0.39 is 0 Å². The Balaban J connectivity index is 2.03. The molecule has 0 aromatic heterocycles. The minimum atomic E-state index is 0.254. The number of nitrogens with one attached hydrogen (secondary N) is 1. The topological polar surface area (TPSA) is 35.8 Å². The second kappa shape index (κ2) is 4.70. The second-order valence-electron chi connectivity index (χ2n) is 5.11. The van der Waals surface area contributed by atoms with Crippen molar-refractivity contribution in [3.8, 4) is 6.07 Å². The van der Waals surface area contributed by atoms with Crippen LogP contribution in [-0.4, -0.2) is 6.54 Å². The lowest BCUT2D eigenvalue weighted by atomic mass is 10.0. The molecule has 0 atom stereocenters. The van der Waals surface area contributed by atoms with E-state index in [1.165, 1.54) is 28.4 Å². The van der Waals surface area contributed by atoms with Crippen LogP contribution in [0.15, 0.2) is 16.6 Å². The largest absolute Gasteiger partial charge is 0.384 e. The number of rotatable bonds is 4. The van der Waals surface area contributed by atoms with Crippen LogP contribution in [0.5, 0.6) is 0 Å². The first-order valence-corrected chi connectivity index (χ1v) is 6.73. The first-order chi connectivity index (χ1) is 8.06. The van der Waals surface area contributed by atoms with E-state index in [4.69, 9.17) is 5.26 Å². The average molecular weight is 293 g/mol. The molecule has 0 aliphatic heterocycles. The maximum atomic E-state index is 8.78. The summed E-state index contributed by atoms with van der Waals surface area (Å²) in [6.07, 6.45) is 3.04. The van der Waals surface area contributed by atoms with E-state index in [1.807, 2.05) is 0 Å². The normalized spacial score (nSPS) is 16.4. The van der Waals surface area contributed by atoms with E-state index in [-0.39, 0.29) is 5.41 Å². The number of nitrogens with zero attached hydrogens (tertiary/aromatic N) is 1. The fourth-order valence-electron chi connectivity index (χ4n) is 2.10. The Bertz CT molecular complexity index is 447. The molecule has 1 aliphatic carbocycles. The van der Waals surface area contributed by atoms with Crippen LogP contribution in [0.25, 0.3) is 0 Å². The first-order valence-electron chi connectivity index (χ1n) is 5.94. The van der Waals surface area contributed by atoms with Crippen molar-refractivity contribution in [2.75, 3.05) is 11.9 Å². The average Bonchev–Trinajstić information content (AvgIpc) is 3.04. The fourth-order valence-corrected chi connectivity index (χ4v) is 2.33. The molecule has 17 heavy (non-hydrogen) atoms. The van der Waals surface area contributed by atoms with Gasteiger partial charge >= 0.3 is 0 Å². The summed E-state index contributed by atoms with van der Waals surface area (Å²) in [5.74, 6) is 0. The summed E-state index contributed by atoms with van der Waals surface area (Å²) in [7, 11) is 0. The minimum Gasteiger partial charge on any atom is -0.384 e. The summed E-state index contributed by atoms with van der Waals surface area (Å²) < 4.78 is 1.18. The molecule has 0 saturated heterocycles. The van der Waals surface area contributed by atoms with Crippen LogP contribution in [0.1, 0.15) is 30.4 Å². The number of aryl methyl sites for hydroxylation is 2. The van der Waals surface area contributed by atoms with Crippen molar-refractivity contribution >= 4 is 21.6 Å². The zero-order valence-electron chi connectivity index (χ0n) is 10.3. The highest BCUT2D eigenvalue weighted by atomic mass is 79.9. The Kier molecular flexibility index (Phi) is 3.44. The lowest BCUT2D eigenvalue weighted by Crippen LogP contribution is -2.15. The molecule has 2 rings (SSSR count). The van der Waals surface area contributed by atoms with E-state index in [0.29, 0.717) is 6.42 Å². The molecule has 2 nitrogen and oxygen atoms in total. The highest BCUT2D eigenvalue weighted by Crippen LogP contribution is 2.48. The Labute approximate surface area is 111 Å². The van der Waals surface area contributed by atoms with Crippen molar-refractivity contribution < 1.29 is 0 Å². The molecule has 0 amide bonds. The van der Waals surface area contributed by atoms with E-state index >= 15 is 0 Å².